The van der Waals surface area contributed by atoms with Gasteiger partial charge in [0.15, 0.2) is 0 Å². The first-order valence-corrected chi connectivity index (χ1v) is 7.65. The molecule has 0 fully saturated rings. The lowest BCUT2D eigenvalue weighted by Gasteiger charge is -2.32. The molecule has 1 amide bonds. The molecule has 0 atom stereocenters. The summed E-state index contributed by atoms with van der Waals surface area (Å²) in [5.41, 5.74) is -1.48. The standard InChI is InChI=1S/C15H18Cl2N3O3/c1-14(2)11(18-15(3,4)20(14)23)12(17)19(22)13(21)9-5-7-10(16)8-6-9/h5-8,22-23H,1-4H3/q+1/b19-12+. The lowest BCUT2D eigenvalue weighted by Crippen LogP contribution is -2.51. The first kappa shape index (κ1) is 17.9. The van der Waals surface area contributed by atoms with Crippen LogP contribution in [0.5, 0.6) is 0 Å². The molecule has 0 aromatic heterocycles. The normalized spacial score (nSPS) is 20.9. The van der Waals surface area contributed by atoms with Crippen molar-refractivity contribution in [2.45, 2.75) is 38.9 Å². The molecular formula is C15H18Cl2N3O3+. The van der Waals surface area contributed by atoms with E-state index in [9.17, 15) is 15.2 Å². The number of nitrogens with zero attached hydrogens (tertiary/aromatic N) is 3. The summed E-state index contributed by atoms with van der Waals surface area (Å²) in [5.74, 6) is -0.723. The molecule has 124 valence electrons. The van der Waals surface area contributed by atoms with E-state index in [4.69, 9.17) is 23.2 Å². The quantitative estimate of drug-likeness (QED) is 0.280. The Morgan fingerprint density at radius 1 is 1.22 bits per heavy atom. The van der Waals surface area contributed by atoms with E-state index in [1.54, 1.807) is 27.7 Å². The second kappa shape index (κ2) is 5.87. The van der Waals surface area contributed by atoms with Crippen molar-refractivity contribution in [1.29, 1.82) is 0 Å². The Hall–Kier alpha value is -1.47. The van der Waals surface area contributed by atoms with Crippen LogP contribution >= 0.6 is 23.2 Å². The third-order valence-corrected chi connectivity index (χ3v) is 4.27. The van der Waals surface area contributed by atoms with E-state index in [0.717, 1.165) is 5.06 Å². The maximum Gasteiger partial charge on any atom is 0.467 e. The van der Waals surface area contributed by atoms with Crippen LogP contribution in [0.1, 0.15) is 38.1 Å². The number of benzene rings is 1. The van der Waals surface area contributed by atoms with Gasteiger partial charge in [-0.1, -0.05) is 11.6 Å². The molecule has 0 bridgehead atoms. The minimum atomic E-state index is -0.970. The summed E-state index contributed by atoms with van der Waals surface area (Å²) in [5, 5.41) is 21.6. The lowest BCUT2D eigenvalue weighted by atomic mass is 9.99. The van der Waals surface area contributed by atoms with Crippen LogP contribution < -0.4 is 0 Å². The fourth-order valence-electron chi connectivity index (χ4n) is 2.44. The van der Waals surface area contributed by atoms with Gasteiger partial charge >= 0.3 is 11.1 Å². The Bertz CT molecular complexity index is 709. The molecular weight excluding hydrogens is 341 g/mol. The van der Waals surface area contributed by atoms with E-state index in [1.807, 2.05) is 0 Å². The number of rotatable bonds is 2. The van der Waals surface area contributed by atoms with Crippen molar-refractivity contribution >= 4 is 40.0 Å². The van der Waals surface area contributed by atoms with E-state index in [-0.39, 0.29) is 16.4 Å². The van der Waals surface area contributed by atoms with Crippen molar-refractivity contribution in [3.8, 4) is 0 Å². The summed E-state index contributed by atoms with van der Waals surface area (Å²) in [6.45, 7) is 6.75. The molecule has 0 saturated carbocycles. The second-order valence-corrected chi connectivity index (χ2v) is 7.03. The van der Waals surface area contributed by atoms with E-state index in [0.29, 0.717) is 9.76 Å². The highest BCUT2D eigenvalue weighted by Crippen LogP contribution is 2.33. The molecule has 1 aromatic rings. The number of amides is 1. The van der Waals surface area contributed by atoms with Gasteiger partial charge in [0.2, 0.25) is 0 Å². The molecule has 1 aromatic carbocycles. The molecule has 23 heavy (non-hydrogen) atoms. The Kier molecular flexibility index (Phi) is 4.56. The minimum Gasteiger partial charge on any atom is -0.311 e. The molecule has 1 aliphatic heterocycles. The third-order valence-electron chi connectivity index (χ3n) is 3.68. The van der Waals surface area contributed by atoms with Crippen molar-refractivity contribution in [3.63, 3.8) is 0 Å². The van der Waals surface area contributed by atoms with Crippen molar-refractivity contribution in [1.82, 2.24) is 5.06 Å². The van der Waals surface area contributed by atoms with Gasteiger partial charge in [-0.15, -0.1) is 0 Å². The molecule has 6 nitrogen and oxygen atoms in total. The molecule has 0 spiro atoms. The molecule has 0 aliphatic carbocycles. The van der Waals surface area contributed by atoms with Crippen LogP contribution in [-0.4, -0.2) is 48.2 Å². The molecule has 2 rings (SSSR count). The van der Waals surface area contributed by atoms with E-state index >= 15 is 0 Å². The van der Waals surface area contributed by atoms with Gasteiger partial charge in [-0.05, 0) is 63.6 Å². The largest absolute Gasteiger partial charge is 0.467 e. The Morgan fingerprint density at radius 2 is 1.74 bits per heavy atom. The summed E-state index contributed by atoms with van der Waals surface area (Å²) in [6.07, 6.45) is 0. The molecule has 0 unspecified atom stereocenters. The number of hydrogen-bond acceptors (Lipinski definition) is 5. The summed E-state index contributed by atoms with van der Waals surface area (Å²) < 4.78 is 0.320. The van der Waals surface area contributed by atoms with E-state index in [2.05, 4.69) is 4.99 Å². The second-order valence-electron chi connectivity index (χ2n) is 6.24. The zero-order valence-corrected chi connectivity index (χ0v) is 14.7. The predicted molar refractivity (Wildman–Crippen MR) is 87.9 cm³/mol. The Morgan fingerprint density at radius 3 is 2.17 bits per heavy atom. The maximum atomic E-state index is 12.3. The summed E-state index contributed by atoms with van der Waals surface area (Å²) >= 11 is 11.9. The Balaban J connectivity index is 2.45. The highest BCUT2D eigenvalue weighted by Gasteiger charge is 2.52. The fraction of sp³-hybridized carbons (Fsp3) is 0.400. The highest BCUT2D eigenvalue weighted by molar-refractivity contribution is 6.83. The first-order valence-electron chi connectivity index (χ1n) is 6.90. The summed E-state index contributed by atoms with van der Waals surface area (Å²) in [7, 11) is 0. The van der Waals surface area contributed by atoms with Crippen LogP contribution in [0.3, 0.4) is 0 Å². The van der Waals surface area contributed by atoms with Gasteiger partial charge in [-0.25, -0.2) is 4.79 Å². The third kappa shape index (κ3) is 3.12. The van der Waals surface area contributed by atoms with Gasteiger partial charge in [0.25, 0.3) is 0 Å². The molecule has 2 N–H and O–H groups in total. The van der Waals surface area contributed by atoms with Crippen LogP contribution in [0.2, 0.25) is 5.02 Å². The average molecular weight is 359 g/mol. The molecule has 8 heteroatoms. The van der Waals surface area contributed by atoms with Gasteiger partial charge in [-0.3, -0.25) is 10.2 Å². The van der Waals surface area contributed by atoms with E-state index < -0.39 is 17.1 Å². The number of halogens is 2. The monoisotopic (exact) mass is 358 g/mol. The number of aliphatic imine (C=N–C) groups is 1. The van der Waals surface area contributed by atoms with Gasteiger partial charge in [0, 0.05) is 5.02 Å². The van der Waals surface area contributed by atoms with E-state index in [1.165, 1.54) is 24.3 Å². The van der Waals surface area contributed by atoms with Crippen molar-refractivity contribution in [2.24, 2.45) is 4.99 Å². The minimum absolute atomic E-state index is 0.205. The van der Waals surface area contributed by atoms with Crippen LogP contribution in [0.25, 0.3) is 0 Å². The lowest BCUT2D eigenvalue weighted by molar-refractivity contribution is -0.695. The highest BCUT2D eigenvalue weighted by atomic mass is 35.5. The number of hydroxylamine groups is 3. The van der Waals surface area contributed by atoms with Gasteiger partial charge < -0.3 is 5.21 Å². The van der Waals surface area contributed by atoms with Crippen LogP contribution in [-0.2, 0) is 0 Å². The zero-order valence-electron chi connectivity index (χ0n) is 13.2. The van der Waals surface area contributed by atoms with Gasteiger partial charge in [0.05, 0.1) is 15.8 Å². The average Bonchev–Trinajstić information content (AvgIpc) is 2.65. The molecule has 0 saturated heterocycles. The van der Waals surface area contributed by atoms with Crippen LogP contribution in [0.4, 0.5) is 0 Å². The first-order chi connectivity index (χ1) is 10.5. The van der Waals surface area contributed by atoms with Crippen LogP contribution in [0, 0.1) is 0 Å². The summed E-state index contributed by atoms with van der Waals surface area (Å²) in [6, 6.07) is 6.02. The predicted octanol–water partition coefficient (Wildman–Crippen LogP) is 3.18. The topological polar surface area (TPSA) is 76.1 Å². The van der Waals surface area contributed by atoms with Crippen molar-refractivity contribution in [3.05, 3.63) is 34.9 Å². The number of hydrogen-bond donors (Lipinski definition) is 2. The molecule has 1 heterocycles. The maximum absolute atomic E-state index is 12.3. The Labute approximate surface area is 144 Å². The SMILES string of the molecule is CC1(C)N=C(/C(Cl)=[N+](\O)C(=O)c2ccc(Cl)cc2)C(C)(C)N1O. The number of carbonyl (C=O) groups is 1. The smallest absolute Gasteiger partial charge is 0.311 e. The fourth-order valence-corrected chi connectivity index (χ4v) is 2.92. The zero-order chi connectivity index (χ0) is 17.6. The van der Waals surface area contributed by atoms with Gasteiger partial charge in [0.1, 0.15) is 11.4 Å². The van der Waals surface area contributed by atoms with Gasteiger partial charge in [-0.2, -0.15) is 5.06 Å². The van der Waals surface area contributed by atoms with Crippen LogP contribution in [0.15, 0.2) is 29.3 Å². The molecule has 1 aliphatic rings. The molecule has 0 radical (unpaired) electrons. The van der Waals surface area contributed by atoms with Crippen molar-refractivity contribution < 1.29 is 19.9 Å². The summed E-state index contributed by atoms with van der Waals surface area (Å²) in [4.78, 5) is 16.6. The number of carbonyl (C=O) groups excluding carboxylic acids is 1. The van der Waals surface area contributed by atoms with Crippen molar-refractivity contribution in [2.75, 3.05) is 0 Å².